The molecule has 0 amide bonds. The lowest BCUT2D eigenvalue weighted by Crippen LogP contribution is -2.14. The first kappa shape index (κ1) is 30.5. The minimum absolute atomic E-state index is 0.0325. The van der Waals surface area contributed by atoms with Crippen molar-refractivity contribution in [2.45, 2.75) is 39.7 Å². The molecule has 0 spiro atoms. The Kier molecular flexibility index (Phi) is 17.3. The number of carboxylic acids is 1. The highest BCUT2D eigenvalue weighted by Crippen LogP contribution is 2.23. The fourth-order valence-corrected chi connectivity index (χ4v) is 1.24. The molecule has 1 aliphatic carbocycles. The fraction of sp³-hybridized carbons (Fsp3) is 0.409. The number of aliphatic carboxylic acids is 1. The van der Waals surface area contributed by atoms with Crippen LogP contribution in [0.15, 0.2) is 49.1 Å². The van der Waals surface area contributed by atoms with Crippen molar-refractivity contribution in [2.75, 3.05) is 19.8 Å². The lowest BCUT2D eigenvalue weighted by molar-refractivity contribution is -0.147. The van der Waals surface area contributed by atoms with Crippen molar-refractivity contribution >= 4 is 29.8 Å². The van der Waals surface area contributed by atoms with Crippen molar-refractivity contribution in [1.29, 1.82) is 0 Å². The number of esters is 4. The molecule has 0 radical (unpaired) electrons. The van der Waals surface area contributed by atoms with Crippen LogP contribution in [0.3, 0.4) is 0 Å². The zero-order chi connectivity index (χ0) is 25.1. The van der Waals surface area contributed by atoms with Crippen LogP contribution in [0.25, 0.3) is 0 Å². The molecule has 1 rings (SSSR count). The molecule has 10 nitrogen and oxygen atoms in total. The molecular weight excluding hydrogens is 424 g/mol. The lowest BCUT2D eigenvalue weighted by Gasteiger charge is -2.05. The van der Waals surface area contributed by atoms with Crippen LogP contribution >= 0.6 is 0 Å². The van der Waals surface area contributed by atoms with Crippen molar-refractivity contribution in [1.82, 2.24) is 0 Å². The van der Waals surface area contributed by atoms with Gasteiger partial charge in [0.05, 0.1) is 6.61 Å². The zero-order valence-electron chi connectivity index (χ0n) is 18.6. The van der Waals surface area contributed by atoms with Gasteiger partial charge in [0.1, 0.15) is 19.3 Å². The van der Waals surface area contributed by atoms with Gasteiger partial charge in [-0.1, -0.05) is 19.7 Å². The summed E-state index contributed by atoms with van der Waals surface area (Å²) in [6, 6.07) is 0. The first-order valence-corrected chi connectivity index (χ1v) is 9.50. The molecular formula is C22H30O10. The topological polar surface area (TPSA) is 142 Å². The van der Waals surface area contributed by atoms with Crippen LogP contribution in [-0.2, 0) is 42.9 Å². The SMILES string of the molecule is C=C(C)C(=O)OCCOC(=O)C(=C)C.C=CC(=O)OC1CC1.CCOC(=O)/C=C\C(=O)O. The maximum absolute atomic E-state index is 10.8. The van der Waals surface area contributed by atoms with E-state index in [4.69, 9.17) is 9.84 Å². The van der Waals surface area contributed by atoms with Gasteiger partial charge >= 0.3 is 29.8 Å². The molecule has 0 aliphatic heterocycles. The van der Waals surface area contributed by atoms with E-state index in [2.05, 4.69) is 33.9 Å². The largest absolute Gasteiger partial charge is 0.478 e. The van der Waals surface area contributed by atoms with Gasteiger partial charge in [-0.3, -0.25) is 0 Å². The highest BCUT2D eigenvalue weighted by Gasteiger charge is 2.24. The Balaban J connectivity index is 0. The summed E-state index contributed by atoms with van der Waals surface area (Å²) in [5.41, 5.74) is 0.632. The maximum Gasteiger partial charge on any atom is 0.333 e. The van der Waals surface area contributed by atoms with E-state index in [0.717, 1.165) is 25.0 Å². The van der Waals surface area contributed by atoms with Crippen LogP contribution in [0.5, 0.6) is 0 Å². The molecule has 32 heavy (non-hydrogen) atoms. The van der Waals surface area contributed by atoms with Gasteiger partial charge in [0, 0.05) is 29.4 Å². The van der Waals surface area contributed by atoms with Gasteiger partial charge in [0.25, 0.3) is 0 Å². The fourth-order valence-electron chi connectivity index (χ4n) is 1.24. The van der Waals surface area contributed by atoms with Gasteiger partial charge in [-0.05, 0) is 33.6 Å². The number of rotatable bonds is 10. The predicted octanol–water partition coefficient (Wildman–Crippen LogP) is 2.29. The van der Waals surface area contributed by atoms with Crippen molar-refractivity contribution in [2.24, 2.45) is 0 Å². The lowest BCUT2D eigenvalue weighted by atomic mass is 10.4. The van der Waals surface area contributed by atoms with Crippen LogP contribution in [0.4, 0.5) is 0 Å². The number of hydrogen-bond donors (Lipinski definition) is 1. The molecule has 0 saturated heterocycles. The third-order valence-corrected chi connectivity index (χ3v) is 2.87. The highest BCUT2D eigenvalue weighted by molar-refractivity contribution is 5.90. The quantitative estimate of drug-likeness (QED) is 0.226. The summed E-state index contributed by atoms with van der Waals surface area (Å²) < 4.78 is 18.5. The van der Waals surface area contributed by atoms with E-state index in [1.165, 1.54) is 6.08 Å². The molecule has 178 valence electrons. The second kappa shape index (κ2) is 18.1. The Labute approximate surface area is 187 Å². The molecule has 10 heteroatoms. The standard InChI is InChI=1S/C10H14O4.C6H8O4.C6H8O2/c1-7(2)9(11)13-5-6-14-10(12)8(3)4;1-2-10-6(9)4-3-5(7)8;1-2-6(7)8-5-3-4-5/h1,3,5-6H2,2,4H3;3-4H,2H2,1H3,(H,7,8);2,5H,1,3-4H2/b;4-3-;. The summed E-state index contributed by atoms with van der Waals surface area (Å²) in [5.74, 6) is -3.07. The smallest absolute Gasteiger partial charge is 0.333 e. The summed E-state index contributed by atoms with van der Waals surface area (Å²) in [4.78, 5) is 52.2. The minimum Gasteiger partial charge on any atom is -0.478 e. The molecule has 0 aromatic carbocycles. The van der Waals surface area contributed by atoms with Crippen LogP contribution in [0.2, 0.25) is 0 Å². The first-order valence-electron chi connectivity index (χ1n) is 9.50. The van der Waals surface area contributed by atoms with Crippen LogP contribution in [0.1, 0.15) is 33.6 Å². The molecule has 1 saturated carbocycles. The first-order chi connectivity index (χ1) is 14.9. The van der Waals surface area contributed by atoms with Gasteiger partial charge in [0.2, 0.25) is 0 Å². The Morgan fingerprint density at radius 3 is 1.66 bits per heavy atom. The molecule has 1 fully saturated rings. The average molecular weight is 454 g/mol. The Morgan fingerprint density at radius 1 is 0.875 bits per heavy atom. The average Bonchev–Trinajstić information content (AvgIpc) is 3.54. The molecule has 0 aromatic rings. The summed E-state index contributed by atoms with van der Waals surface area (Å²) in [6.45, 7) is 15.1. The van der Waals surface area contributed by atoms with Gasteiger partial charge in [-0.15, -0.1) is 0 Å². The van der Waals surface area contributed by atoms with Gasteiger partial charge in [-0.2, -0.15) is 0 Å². The molecule has 0 aromatic heterocycles. The maximum atomic E-state index is 10.8. The Hall–Kier alpha value is -3.69. The van der Waals surface area contributed by atoms with Gasteiger partial charge in [-0.25, -0.2) is 24.0 Å². The van der Waals surface area contributed by atoms with E-state index in [-0.39, 0.29) is 31.9 Å². The summed E-state index contributed by atoms with van der Waals surface area (Å²) in [6.07, 6.45) is 5.06. The number of carboxylic acid groups (broad SMARTS) is 1. The van der Waals surface area contributed by atoms with Gasteiger partial charge < -0.3 is 24.1 Å². The van der Waals surface area contributed by atoms with Crippen LogP contribution < -0.4 is 0 Å². The number of ether oxygens (including phenoxy) is 4. The van der Waals surface area contributed by atoms with Crippen LogP contribution in [0, 0.1) is 0 Å². The number of hydrogen-bond acceptors (Lipinski definition) is 9. The third-order valence-electron chi connectivity index (χ3n) is 2.87. The second-order valence-electron chi connectivity index (χ2n) is 6.10. The summed E-state index contributed by atoms with van der Waals surface area (Å²) in [5, 5.41) is 8.04. The minimum atomic E-state index is -1.16. The van der Waals surface area contributed by atoms with E-state index < -0.39 is 23.9 Å². The highest BCUT2D eigenvalue weighted by atomic mass is 16.6. The third kappa shape index (κ3) is 21.0. The second-order valence-corrected chi connectivity index (χ2v) is 6.10. The van der Waals surface area contributed by atoms with E-state index >= 15 is 0 Å². The monoisotopic (exact) mass is 454 g/mol. The number of carbonyl (C=O) groups is 5. The molecule has 1 N–H and O–H groups in total. The van der Waals surface area contributed by atoms with Crippen molar-refractivity contribution in [3.05, 3.63) is 49.1 Å². The van der Waals surface area contributed by atoms with Crippen LogP contribution in [-0.4, -0.2) is 60.9 Å². The van der Waals surface area contributed by atoms with Crippen molar-refractivity contribution in [3.8, 4) is 0 Å². The number of carbonyl (C=O) groups excluding carboxylic acids is 4. The molecule has 0 heterocycles. The Bertz CT molecular complexity index is 701. The molecule has 0 atom stereocenters. The van der Waals surface area contributed by atoms with Gasteiger partial charge in [0.15, 0.2) is 0 Å². The van der Waals surface area contributed by atoms with E-state index in [9.17, 15) is 24.0 Å². The normalized spacial score (nSPS) is 11.3. The van der Waals surface area contributed by atoms with E-state index in [1.807, 2.05) is 0 Å². The molecule has 0 unspecified atom stereocenters. The zero-order valence-corrected chi connectivity index (χ0v) is 18.6. The van der Waals surface area contributed by atoms with E-state index in [0.29, 0.717) is 11.1 Å². The molecule has 1 aliphatic rings. The van der Waals surface area contributed by atoms with Crippen molar-refractivity contribution in [3.63, 3.8) is 0 Å². The van der Waals surface area contributed by atoms with Crippen molar-refractivity contribution < 1.29 is 48.0 Å². The molecule has 0 bridgehead atoms. The summed E-state index contributed by atoms with van der Waals surface area (Å²) in [7, 11) is 0. The predicted molar refractivity (Wildman–Crippen MR) is 114 cm³/mol. The Morgan fingerprint density at radius 2 is 1.34 bits per heavy atom. The summed E-state index contributed by atoms with van der Waals surface area (Å²) >= 11 is 0. The van der Waals surface area contributed by atoms with E-state index in [1.54, 1.807) is 20.8 Å².